The van der Waals surface area contributed by atoms with E-state index in [2.05, 4.69) is 50.9 Å². The number of ether oxygens (including phenoxy) is 1. The first-order valence-corrected chi connectivity index (χ1v) is 6.49. The lowest BCUT2D eigenvalue weighted by Crippen LogP contribution is -2.39. The van der Waals surface area contributed by atoms with E-state index in [1.807, 2.05) is 0 Å². The molecular formula is C15H26N2O. The fourth-order valence-corrected chi connectivity index (χ4v) is 2.30. The maximum absolute atomic E-state index is 5.98. The standard InChI is InChI=1S/C15H26N2O/c1-11-6-7-12(2)14(8-11)15(9-16)17(4)13(3)10-18-5/h6-8,13,15H,9-10,16H2,1-5H3. The molecule has 0 aromatic heterocycles. The van der Waals surface area contributed by atoms with Crippen molar-refractivity contribution >= 4 is 0 Å². The second-order valence-electron chi connectivity index (χ2n) is 5.08. The molecule has 0 radical (unpaired) electrons. The highest BCUT2D eigenvalue weighted by atomic mass is 16.5. The van der Waals surface area contributed by atoms with Gasteiger partial charge in [0, 0.05) is 25.7 Å². The minimum Gasteiger partial charge on any atom is -0.383 e. The van der Waals surface area contributed by atoms with Gasteiger partial charge < -0.3 is 10.5 Å². The fraction of sp³-hybridized carbons (Fsp3) is 0.600. The number of hydrogen-bond acceptors (Lipinski definition) is 3. The van der Waals surface area contributed by atoms with Crippen LogP contribution in [0.5, 0.6) is 0 Å². The summed E-state index contributed by atoms with van der Waals surface area (Å²) < 4.78 is 5.23. The Hall–Kier alpha value is -0.900. The van der Waals surface area contributed by atoms with Crippen molar-refractivity contribution in [2.45, 2.75) is 32.9 Å². The molecule has 2 atom stereocenters. The molecule has 1 aromatic carbocycles. The minimum atomic E-state index is 0.245. The van der Waals surface area contributed by atoms with Gasteiger partial charge in [-0.2, -0.15) is 0 Å². The molecule has 0 aliphatic rings. The van der Waals surface area contributed by atoms with Gasteiger partial charge in [-0.25, -0.2) is 0 Å². The monoisotopic (exact) mass is 250 g/mol. The lowest BCUT2D eigenvalue weighted by Gasteiger charge is -2.33. The van der Waals surface area contributed by atoms with E-state index in [-0.39, 0.29) is 6.04 Å². The summed E-state index contributed by atoms with van der Waals surface area (Å²) in [5.74, 6) is 0. The highest BCUT2D eigenvalue weighted by molar-refractivity contribution is 5.33. The molecule has 0 spiro atoms. The fourth-order valence-electron chi connectivity index (χ4n) is 2.30. The Bertz CT molecular complexity index is 379. The Morgan fingerprint density at radius 3 is 2.56 bits per heavy atom. The van der Waals surface area contributed by atoms with Gasteiger partial charge in [0.05, 0.1) is 6.61 Å². The molecule has 0 heterocycles. The predicted octanol–water partition coefficient (Wildman–Crippen LogP) is 2.27. The van der Waals surface area contributed by atoms with Gasteiger partial charge in [-0.05, 0) is 38.9 Å². The number of hydrogen-bond donors (Lipinski definition) is 1. The minimum absolute atomic E-state index is 0.245. The van der Waals surface area contributed by atoms with Gasteiger partial charge in [0.25, 0.3) is 0 Å². The zero-order valence-corrected chi connectivity index (χ0v) is 12.2. The third kappa shape index (κ3) is 3.55. The molecule has 1 rings (SSSR count). The smallest absolute Gasteiger partial charge is 0.0615 e. The van der Waals surface area contributed by atoms with Gasteiger partial charge in [-0.1, -0.05) is 23.8 Å². The molecule has 3 nitrogen and oxygen atoms in total. The third-order valence-corrected chi connectivity index (χ3v) is 3.61. The number of likely N-dealkylation sites (N-methyl/N-ethyl adjacent to an activating group) is 1. The molecule has 0 aliphatic heterocycles. The first-order valence-electron chi connectivity index (χ1n) is 6.49. The van der Waals surface area contributed by atoms with Crippen molar-refractivity contribution in [1.29, 1.82) is 0 Å². The first kappa shape index (κ1) is 15.2. The van der Waals surface area contributed by atoms with Crippen molar-refractivity contribution in [2.24, 2.45) is 5.73 Å². The van der Waals surface area contributed by atoms with E-state index in [1.165, 1.54) is 16.7 Å². The number of nitrogens with zero attached hydrogens (tertiary/aromatic N) is 1. The van der Waals surface area contributed by atoms with Crippen molar-refractivity contribution < 1.29 is 4.74 Å². The molecule has 0 saturated heterocycles. The van der Waals surface area contributed by atoms with E-state index >= 15 is 0 Å². The van der Waals surface area contributed by atoms with Crippen molar-refractivity contribution in [3.63, 3.8) is 0 Å². The molecule has 0 aliphatic carbocycles. The summed E-state index contributed by atoms with van der Waals surface area (Å²) in [6.07, 6.45) is 0. The van der Waals surface area contributed by atoms with E-state index in [4.69, 9.17) is 10.5 Å². The van der Waals surface area contributed by atoms with Gasteiger partial charge in [0.2, 0.25) is 0 Å². The normalized spacial score (nSPS) is 14.8. The third-order valence-electron chi connectivity index (χ3n) is 3.61. The van der Waals surface area contributed by atoms with Crippen LogP contribution in [0.1, 0.15) is 29.7 Å². The first-order chi connectivity index (χ1) is 8.51. The van der Waals surface area contributed by atoms with Crippen LogP contribution in [0, 0.1) is 13.8 Å². The van der Waals surface area contributed by atoms with Crippen LogP contribution in [-0.4, -0.2) is 38.3 Å². The van der Waals surface area contributed by atoms with Crippen molar-refractivity contribution in [3.8, 4) is 0 Å². The van der Waals surface area contributed by atoms with Crippen molar-refractivity contribution in [2.75, 3.05) is 27.3 Å². The van der Waals surface area contributed by atoms with E-state index < -0.39 is 0 Å². The number of methoxy groups -OCH3 is 1. The highest BCUT2D eigenvalue weighted by Gasteiger charge is 2.21. The molecule has 2 unspecified atom stereocenters. The Labute approximate surface area is 111 Å². The van der Waals surface area contributed by atoms with Crippen LogP contribution in [0.15, 0.2) is 18.2 Å². The second kappa shape index (κ2) is 6.88. The molecule has 2 N–H and O–H groups in total. The molecular weight excluding hydrogens is 224 g/mol. The molecule has 1 aromatic rings. The molecule has 3 heteroatoms. The molecule has 0 fully saturated rings. The number of rotatable bonds is 6. The van der Waals surface area contributed by atoms with Crippen LogP contribution in [0.3, 0.4) is 0 Å². The van der Waals surface area contributed by atoms with Crippen LogP contribution < -0.4 is 5.73 Å². The maximum Gasteiger partial charge on any atom is 0.0615 e. The average molecular weight is 250 g/mol. The topological polar surface area (TPSA) is 38.5 Å². The van der Waals surface area contributed by atoms with Gasteiger partial charge >= 0.3 is 0 Å². The molecule has 18 heavy (non-hydrogen) atoms. The van der Waals surface area contributed by atoms with Crippen LogP contribution in [0.25, 0.3) is 0 Å². The lowest BCUT2D eigenvalue weighted by molar-refractivity contribution is 0.0908. The van der Waals surface area contributed by atoms with E-state index in [9.17, 15) is 0 Å². The quantitative estimate of drug-likeness (QED) is 0.841. The molecule has 0 amide bonds. The Balaban J connectivity index is 2.98. The summed E-state index contributed by atoms with van der Waals surface area (Å²) >= 11 is 0. The van der Waals surface area contributed by atoms with E-state index in [1.54, 1.807) is 7.11 Å². The van der Waals surface area contributed by atoms with Crippen LogP contribution >= 0.6 is 0 Å². The number of aryl methyl sites for hydroxylation is 2. The summed E-state index contributed by atoms with van der Waals surface area (Å²) in [6.45, 7) is 7.77. The van der Waals surface area contributed by atoms with E-state index in [0.717, 1.165) is 6.61 Å². The molecule has 102 valence electrons. The van der Waals surface area contributed by atoms with Gasteiger partial charge in [0.15, 0.2) is 0 Å². The van der Waals surface area contributed by atoms with Crippen LogP contribution in [-0.2, 0) is 4.74 Å². The van der Waals surface area contributed by atoms with Gasteiger partial charge in [0.1, 0.15) is 0 Å². The van der Waals surface area contributed by atoms with E-state index in [0.29, 0.717) is 12.6 Å². The predicted molar refractivity (Wildman–Crippen MR) is 76.8 cm³/mol. The van der Waals surface area contributed by atoms with Gasteiger partial charge in [-0.15, -0.1) is 0 Å². The lowest BCUT2D eigenvalue weighted by atomic mass is 9.97. The largest absolute Gasteiger partial charge is 0.383 e. The number of benzene rings is 1. The summed E-state index contributed by atoms with van der Waals surface area (Å²) in [5.41, 5.74) is 9.88. The summed E-state index contributed by atoms with van der Waals surface area (Å²) in [6, 6.07) is 7.15. The van der Waals surface area contributed by atoms with Crippen LogP contribution in [0.4, 0.5) is 0 Å². The van der Waals surface area contributed by atoms with Gasteiger partial charge in [-0.3, -0.25) is 4.90 Å². The zero-order chi connectivity index (χ0) is 13.7. The average Bonchev–Trinajstić information content (AvgIpc) is 2.34. The molecule has 0 bridgehead atoms. The zero-order valence-electron chi connectivity index (χ0n) is 12.2. The SMILES string of the molecule is COCC(C)N(C)C(CN)c1cc(C)ccc1C. The van der Waals surface area contributed by atoms with Crippen LogP contribution in [0.2, 0.25) is 0 Å². The highest BCUT2D eigenvalue weighted by Crippen LogP contribution is 2.24. The van der Waals surface area contributed by atoms with Crippen molar-refractivity contribution in [1.82, 2.24) is 4.90 Å². The summed E-state index contributed by atoms with van der Waals surface area (Å²) in [5, 5.41) is 0. The Kier molecular flexibility index (Phi) is 5.79. The summed E-state index contributed by atoms with van der Waals surface area (Å²) in [4.78, 5) is 2.30. The second-order valence-corrected chi connectivity index (χ2v) is 5.08. The number of nitrogens with two attached hydrogens (primary N) is 1. The Morgan fingerprint density at radius 2 is 2.00 bits per heavy atom. The molecule has 0 saturated carbocycles. The Morgan fingerprint density at radius 1 is 1.33 bits per heavy atom. The maximum atomic E-state index is 5.98. The van der Waals surface area contributed by atoms with Crippen molar-refractivity contribution in [3.05, 3.63) is 34.9 Å². The summed E-state index contributed by atoms with van der Waals surface area (Å²) in [7, 11) is 3.85.